The molecule has 3 rings (SSSR count). The Bertz CT molecular complexity index is 779. The largest absolute Gasteiger partial charge is 0.486 e. The Balaban J connectivity index is 1.72. The summed E-state index contributed by atoms with van der Waals surface area (Å²) in [4.78, 5) is 12.8. The van der Waals surface area contributed by atoms with Crippen LogP contribution in [0.4, 0.5) is 0 Å². The van der Waals surface area contributed by atoms with E-state index in [1.165, 1.54) is 18.6 Å². The van der Waals surface area contributed by atoms with Crippen LogP contribution >= 0.6 is 11.8 Å². The van der Waals surface area contributed by atoms with Crippen molar-refractivity contribution in [1.82, 2.24) is 10.0 Å². The monoisotopic (exact) mass is 428 g/mol. The van der Waals surface area contributed by atoms with Gasteiger partial charge in [-0.05, 0) is 43.4 Å². The van der Waals surface area contributed by atoms with E-state index in [-0.39, 0.29) is 16.8 Å². The predicted octanol–water partition coefficient (Wildman–Crippen LogP) is 2.31. The van der Waals surface area contributed by atoms with Crippen LogP contribution in [0, 0.1) is 0 Å². The van der Waals surface area contributed by atoms with Crippen molar-refractivity contribution in [3.8, 4) is 11.5 Å². The molecule has 1 unspecified atom stereocenters. The quantitative estimate of drug-likeness (QED) is 0.660. The summed E-state index contributed by atoms with van der Waals surface area (Å²) in [5, 5.41) is 3.03. The van der Waals surface area contributed by atoms with Gasteiger partial charge in [-0.3, -0.25) is 4.79 Å². The molecule has 1 fully saturated rings. The van der Waals surface area contributed by atoms with Crippen molar-refractivity contribution < 1.29 is 22.7 Å². The molecule has 0 radical (unpaired) electrons. The highest BCUT2D eigenvalue weighted by atomic mass is 32.2. The van der Waals surface area contributed by atoms with Crippen molar-refractivity contribution in [2.45, 2.75) is 55.5 Å². The Morgan fingerprint density at radius 3 is 2.61 bits per heavy atom. The Labute approximate surface area is 171 Å². The zero-order valence-corrected chi connectivity index (χ0v) is 17.7. The number of carbonyl (C=O) groups is 1. The molecule has 0 aromatic heterocycles. The van der Waals surface area contributed by atoms with Gasteiger partial charge in [0.05, 0.1) is 4.90 Å². The van der Waals surface area contributed by atoms with E-state index in [9.17, 15) is 13.2 Å². The van der Waals surface area contributed by atoms with Gasteiger partial charge in [0.1, 0.15) is 19.3 Å². The zero-order valence-electron chi connectivity index (χ0n) is 16.1. The fraction of sp³-hybridized carbons (Fsp3) is 0.632. The Kier molecular flexibility index (Phi) is 7.48. The Hall–Kier alpha value is -1.45. The van der Waals surface area contributed by atoms with E-state index in [0.717, 1.165) is 25.7 Å². The van der Waals surface area contributed by atoms with Gasteiger partial charge in [-0.2, -0.15) is 16.5 Å². The minimum absolute atomic E-state index is 0.0661. The molecule has 1 amide bonds. The summed E-state index contributed by atoms with van der Waals surface area (Å²) < 4.78 is 39.3. The summed E-state index contributed by atoms with van der Waals surface area (Å²) in [7, 11) is -3.86. The first-order chi connectivity index (χ1) is 13.5. The standard InChI is InChI=1S/C19H28N2O5S2/c1-27-12-9-16(19(22)20-14-5-3-2-4-6-14)21-28(23,24)15-7-8-17-18(13-15)26-11-10-25-17/h7-8,13-14,16,21H,2-6,9-12H2,1H3,(H,20,22). The topological polar surface area (TPSA) is 93.7 Å². The van der Waals surface area contributed by atoms with Crippen LogP contribution in [-0.4, -0.2) is 51.6 Å². The van der Waals surface area contributed by atoms with Crippen LogP contribution in [0.5, 0.6) is 11.5 Å². The molecule has 1 aliphatic carbocycles. The van der Waals surface area contributed by atoms with Gasteiger partial charge in [-0.25, -0.2) is 8.42 Å². The maximum absolute atomic E-state index is 12.9. The van der Waals surface area contributed by atoms with Gasteiger partial charge in [0.2, 0.25) is 15.9 Å². The van der Waals surface area contributed by atoms with E-state index < -0.39 is 16.1 Å². The molecule has 2 aliphatic rings. The number of rotatable bonds is 8. The van der Waals surface area contributed by atoms with E-state index >= 15 is 0 Å². The van der Waals surface area contributed by atoms with Gasteiger partial charge in [0.25, 0.3) is 0 Å². The second kappa shape index (κ2) is 9.84. The number of hydrogen-bond donors (Lipinski definition) is 2. The van der Waals surface area contributed by atoms with Crippen LogP contribution in [0.3, 0.4) is 0 Å². The SMILES string of the molecule is CSCCC(NS(=O)(=O)c1ccc2c(c1)OCCO2)C(=O)NC1CCCCC1. The number of sulfonamides is 1. The molecule has 1 saturated carbocycles. The highest BCUT2D eigenvalue weighted by molar-refractivity contribution is 7.98. The third-order valence-corrected chi connectivity index (χ3v) is 7.11. The van der Waals surface area contributed by atoms with E-state index in [4.69, 9.17) is 9.47 Å². The average Bonchev–Trinajstić information content (AvgIpc) is 2.71. The lowest BCUT2D eigenvalue weighted by molar-refractivity contribution is -0.123. The van der Waals surface area contributed by atoms with Crippen LogP contribution in [0.2, 0.25) is 0 Å². The summed E-state index contributed by atoms with van der Waals surface area (Å²) in [5.41, 5.74) is 0. The van der Waals surface area contributed by atoms with E-state index in [2.05, 4.69) is 10.0 Å². The van der Waals surface area contributed by atoms with Crippen LogP contribution in [0.1, 0.15) is 38.5 Å². The number of nitrogens with one attached hydrogen (secondary N) is 2. The number of benzene rings is 1. The zero-order chi connectivity index (χ0) is 20.0. The minimum atomic E-state index is -3.86. The maximum Gasteiger partial charge on any atom is 0.241 e. The van der Waals surface area contributed by atoms with E-state index in [1.807, 2.05) is 6.26 Å². The average molecular weight is 429 g/mol. The first-order valence-corrected chi connectivity index (χ1v) is 12.6. The van der Waals surface area contributed by atoms with Gasteiger partial charge < -0.3 is 14.8 Å². The van der Waals surface area contributed by atoms with Crippen molar-refractivity contribution in [2.24, 2.45) is 0 Å². The number of hydrogen-bond acceptors (Lipinski definition) is 6. The summed E-state index contributed by atoms with van der Waals surface area (Å²) >= 11 is 1.58. The highest BCUT2D eigenvalue weighted by Gasteiger charge is 2.28. The molecular weight excluding hydrogens is 400 g/mol. The molecule has 7 nitrogen and oxygen atoms in total. The highest BCUT2D eigenvalue weighted by Crippen LogP contribution is 2.32. The first kappa shape index (κ1) is 21.3. The van der Waals surface area contributed by atoms with Crippen LogP contribution in [-0.2, 0) is 14.8 Å². The number of amides is 1. The number of carbonyl (C=O) groups excluding carboxylic acids is 1. The molecule has 2 N–H and O–H groups in total. The summed E-state index contributed by atoms with van der Waals surface area (Å²) in [6.07, 6.45) is 7.67. The second-order valence-corrected chi connectivity index (χ2v) is 9.80. The molecule has 0 spiro atoms. The molecule has 1 atom stereocenters. The summed E-state index contributed by atoms with van der Waals surface area (Å²) in [5.74, 6) is 1.37. The summed E-state index contributed by atoms with van der Waals surface area (Å²) in [6.45, 7) is 0.819. The maximum atomic E-state index is 12.9. The molecule has 1 heterocycles. The van der Waals surface area contributed by atoms with Gasteiger partial charge in [-0.15, -0.1) is 0 Å². The summed E-state index contributed by atoms with van der Waals surface area (Å²) in [6, 6.07) is 3.84. The van der Waals surface area contributed by atoms with Crippen molar-refractivity contribution in [3.63, 3.8) is 0 Å². The molecule has 28 heavy (non-hydrogen) atoms. The lowest BCUT2D eigenvalue weighted by Crippen LogP contribution is -2.50. The number of fused-ring (bicyclic) bond motifs is 1. The third kappa shape index (κ3) is 5.55. The number of ether oxygens (including phenoxy) is 2. The third-order valence-electron chi connectivity index (χ3n) is 5.00. The lowest BCUT2D eigenvalue weighted by Gasteiger charge is -2.26. The predicted molar refractivity (Wildman–Crippen MR) is 110 cm³/mol. The second-order valence-electron chi connectivity index (χ2n) is 7.10. The molecule has 9 heteroatoms. The molecule has 156 valence electrons. The normalized spacial score (nSPS) is 18.5. The van der Waals surface area contributed by atoms with Crippen LogP contribution in [0.15, 0.2) is 23.1 Å². The van der Waals surface area contributed by atoms with Crippen molar-refractivity contribution >= 4 is 27.7 Å². The fourth-order valence-corrected chi connectivity index (χ4v) is 5.19. The molecule has 0 bridgehead atoms. The lowest BCUT2D eigenvalue weighted by atomic mass is 9.95. The molecular formula is C19H28N2O5S2. The van der Waals surface area contributed by atoms with Crippen molar-refractivity contribution in [2.75, 3.05) is 25.2 Å². The van der Waals surface area contributed by atoms with Gasteiger partial charge in [0, 0.05) is 12.1 Å². The Morgan fingerprint density at radius 1 is 1.18 bits per heavy atom. The van der Waals surface area contributed by atoms with Gasteiger partial charge >= 0.3 is 0 Å². The molecule has 1 aromatic rings. The number of thioether (sulfide) groups is 1. The van der Waals surface area contributed by atoms with Gasteiger partial charge in [0.15, 0.2) is 11.5 Å². The fourth-order valence-electron chi connectivity index (χ4n) is 3.47. The molecule has 0 saturated heterocycles. The minimum Gasteiger partial charge on any atom is -0.486 e. The molecule has 1 aliphatic heterocycles. The van der Waals surface area contributed by atoms with Crippen LogP contribution in [0.25, 0.3) is 0 Å². The van der Waals surface area contributed by atoms with E-state index in [1.54, 1.807) is 17.8 Å². The first-order valence-electron chi connectivity index (χ1n) is 9.71. The van der Waals surface area contributed by atoms with E-state index in [0.29, 0.717) is 36.9 Å². The smallest absolute Gasteiger partial charge is 0.241 e. The van der Waals surface area contributed by atoms with Crippen molar-refractivity contribution in [3.05, 3.63) is 18.2 Å². The van der Waals surface area contributed by atoms with Crippen molar-refractivity contribution in [1.29, 1.82) is 0 Å². The molecule has 1 aromatic carbocycles. The Morgan fingerprint density at radius 2 is 1.89 bits per heavy atom. The van der Waals surface area contributed by atoms with Crippen LogP contribution < -0.4 is 19.5 Å². The van der Waals surface area contributed by atoms with Gasteiger partial charge in [-0.1, -0.05) is 19.3 Å².